The molecule has 0 bridgehead atoms. The van der Waals surface area contributed by atoms with Gasteiger partial charge in [-0.25, -0.2) is 12.8 Å². The van der Waals surface area contributed by atoms with Crippen LogP contribution < -0.4 is 5.32 Å². The lowest BCUT2D eigenvalue weighted by molar-refractivity contribution is -0.385. The van der Waals surface area contributed by atoms with Gasteiger partial charge < -0.3 is 20.1 Å². The van der Waals surface area contributed by atoms with E-state index in [0.29, 0.717) is 46.9 Å². The van der Waals surface area contributed by atoms with Gasteiger partial charge in [0, 0.05) is 54.9 Å². The number of sulfone groups is 1. The number of nitro benzene ring substituents is 1. The smallest absolute Gasteiger partial charge is 0.276 e. The number of aryl methyl sites for hydroxylation is 1. The van der Waals surface area contributed by atoms with Gasteiger partial charge in [0.2, 0.25) is 0 Å². The number of anilines is 1. The number of halogens is 1. The maximum atomic E-state index is 14.4. The van der Waals surface area contributed by atoms with Crippen molar-refractivity contribution in [2.24, 2.45) is 0 Å². The Morgan fingerprint density at radius 2 is 1.85 bits per heavy atom. The van der Waals surface area contributed by atoms with E-state index in [4.69, 9.17) is 0 Å². The molecule has 3 heterocycles. The van der Waals surface area contributed by atoms with Crippen molar-refractivity contribution in [1.29, 1.82) is 0 Å². The first-order valence-corrected chi connectivity index (χ1v) is 14.5. The minimum Gasteiger partial charge on any atom is -0.358 e. The standard InChI is InChI=1S/C28H28FN5O6S/c1-16-24(30-17(2)26(16)28(36)33-11-9-32(3)10-12-33)14-20-19-13-18(7-8-23(19)31-27(20)35)41(39,40)15-21-22(29)5-4-6-25(21)34(37)38/h4-8,13-14,30H,9-12,15H2,1-3H3,(H,31,35)/b20-14-. The van der Waals surface area contributed by atoms with Crippen LogP contribution in [0.4, 0.5) is 15.8 Å². The summed E-state index contributed by atoms with van der Waals surface area (Å²) in [7, 11) is -2.23. The average Bonchev–Trinajstić information content (AvgIpc) is 3.38. The molecule has 2 aromatic carbocycles. The van der Waals surface area contributed by atoms with Gasteiger partial charge in [0.25, 0.3) is 17.5 Å². The van der Waals surface area contributed by atoms with E-state index in [1.807, 2.05) is 7.05 Å². The molecule has 214 valence electrons. The Labute approximate surface area is 235 Å². The Bertz CT molecular complexity index is 1740. The number of rotatable bonds is 6. The fourth-order valence-corrected chi connectivity index (χ4v) is 6.60. The predicted molar refractivity (Wildman–Crippen MR) is 151 cm³/mol. The van der Waals surface area contributed by atoms with Crippen LogP contribution in [-0.4, -0.2) is 73.2 Å². The van der Waals surface area contributed by atoms with Crippen molar-refractivity contribution in [2.75, 3.05) is 38.5 Å². The highest BCUT2D eigenvalue weighted by Gasteiger charge is 2.31. The number of hydrogen-bond acceptors (Lipinski definition) is 7. The summed E-state index contributed by atoms with van der Waals surface area (Å²) >= 11 is 0. The Morgan fingerprint density at radius 1 is 1.15 bits per heavy atom. The third-order valence-corrected chi connectivity index (χ3v) is 9.17. The molecule has 0 aliphatic carbocycles. The third kappa shape index (κ3) is 5.25. The molecule has 41 heavy (non-hydrogen) atoms. The molecule has 1 saturated heterocycles. The molecule has 0 atom stereocenters. The summed E-state index contributed by atoms with van der Waals surface area (Å²) in [6, 6.07) is 7.13. The maximum Gasteiger partial charge on any atom is 0.276 e. The van der Waals surface area contributed by atoms with Gasteiger partial charge in [-0.15, -0.1) is 0 Å². The maximum absolute atomic E-state index is 14.4. The number of benzene rings is 2. The number of fused-ring (bicyclic) bond motifs is 1. The van der Waals surface area contributed by atoms with Crippen LogP contribution in [0.15, 0.2) is 41.3 Å². The van der Waals surface area contributed by atoms with Gasteiger partial charge in [-0.05, 0) is 56.8 Å². The molecule has 13 heteroatoms. The Balaban J connectivity index is 1.49. The second-order valence-corrected chi connectivity index (χ2v) is 12.2. The largest absolute Gasteiger partial charge is 0.358 e. The first kappa shape index (κ1) is 28.2. The highest BCUT2D eigenvalue weighted by molar-refractivity contribution is 7.90. The number of hydrogen-bond donors (Lipinski definition) is 2. The number of piperazine rings is 1. The monoisotopic (exact) mass is 581 g/mol. The molecule has 1 aromatic heterocycles. The second kappa shape index (κ2) is 10.6. The van der Waals surface area contributed by atoms with Crippen molar-refractivity contribution < 1.29 is 27.3 Å². The SMILES string of the molecule is Cc1[nH]c(/C=C2\C(=O)Nc3ccc(S(=O)(=O)Cc4c(F)cccc4[N+](=O)[O-])cc32)c(C)c1C(=O)N1CCN(C)CC1. The lowest BCUT2D eigenvalue weighted by Gasteiger charge is -2.32. The number of likely N-dealkylation sites (N-methyl/N-ethyl adjacent to an activating group) is 1. The van der Waals surface area contributed by atoms with E-state index in [2.05, 4.69) is 15.2 Å². The molecule has 2 N–H and O–H groups in total. The van der Waals surface area contributed by atoms with Gasteiger partial charge in [0.05, 0.1) is 32.3 Å². The van der Waals surface area contributed by atoms with Crippen molar-refractivity contribution in [3.63, 3.8) is 0 Å². The molecule has 11 nitrogen and oxygen atoms in total. The fourth-order valence-electron chi connectivity index (χ4n) is 5.19. The summed E-state index contributed by atoms with van der Waals surface area (Å²) in [6.45, 7) is 6.34. The van der Waals surface area contributed by atoms with E-state index in [1.165, 1.54) is 18.2 Å². The van der Waals surface area contributed by atoms with Gasteiger partial charge in [0.1, 0.15) is 5.82 Å². The molecular formula is C28H28FN5O6S. The second-order valence-electron chi connectivity index (χ2n) is 10.2. The van der Waals surface area contributed by atoms with Crippen LogP contribution in [0.2, 0.25) is 0 Å². The number of amides is 2. The summed E-state index contributed by atoms with van der Waals surface area (Å²) in [5, 5.41) is 14.1. The first-order chi connectivity index (χ1) is 19.4. The molecule has 0 radical (unpaired) electrons. The third-order valence-electron chi connectivity index (χ3n) is 7.53. The van der Waals surface area contributed by atoms with Crippen LogP contribution in [0.1, 0.15) is 38.4 Å². The first-order valence-electron chi connectivity index (χ1n) is 12.9. The van der Waals surface area contributed by atoms with Crippen molar-refractivity contribution in [3.05, 3.63) is 86.0 Å². The highest BCUT2D eigenvalue weighted by Crippen LogP contribution is 2.37. The zero-order valence-electron chi connectivity index (χ0n) is 22.7. The Hall–Kier alpha value is -4.36. The molecule has 3 aromatic rings. The van der Waals surface area contributed by atoms with Gasteiger partial charge >= 0.3 is 0 Å². The normalized spacial score (nSPS) is 16.6. The fraction of sp³-hybridized carbons (Fsp3) is 0.286. The van der Waals surface area contributed by atoms with Crippen LogP contribution in [0.5, 0.6) is 0 Å². The van der Waals surface area contributed by atoms with Crippen molar-refractivity contribution in [1.82, 2.24) is 14.8 Å². The van der Waals surface area contributed by atoms with Crippen LogP contribution in [-0.2, 0) is 20.4 Å². The van der Waals surface area contributed by atoms with Gasteiger partial charge in [-0.3, -0.25) is 19.7 Å². The van der Waals surface area contributed by atoms with Crippen LogP contribution in [0.25, 0.3) is 11.6 Å². The van der Waals surface area contributed by atoms with E-state index in [-0.39, 0.29) is 16.4 Å². The minimum absolute atomic E-state index is 0.0964. The van der Waals surface area contributed by atoms with Crippen molar-refractivity contribution in [2.45, 2.75) is 24.5 Å². The molecule has 0 spiro atoms. The van der Waals surface area contributed by atoms with Crippen LogP contribution in [0.3, 0.4) is 0 Å². The van der Waals surface area contributed by atoms with Gasteiger partial charge in [0.15, 0.2) is 9.84 Å². The molecule has 2 amide bonds. The van der Waals surface area contributed by atoms with E-state index < -0.39 is 43.5 Å². The van der Waals surface area contributed by atoms with Crippen molar-refractivity contribution in [3.8, 4) is 0 Å². The number of carbonyl (C=O) groups is 2. The van der Waals surface area contributed by atoms with Crippen molar-refractivity contribution >= 4 is 44.7 Å². The summed E-state index contributed by atoms with van der Waals surface area (Å²) < 4.78 is 40.9. The molecule has 1 fully saturated rings. The number of nitrogens with zero attached hydrogens (tertiary/aromatic N) is 3. The van der Waals surface area contributed by atoms with E-state index in [0.717, 1.165) is 31.3 Å². The Kier molecular flexibility index (Phi) is 7.26. The minimum atomic E-state index is -4.24. The topological polar surface area (TPSA) is 146 Å². The molecule has 5 rings (SSSR count). The van der Waals surface area contributed by atoms with E-state index in [9.17, 15) is 32.5 Å². The Morgan fingerprint density at radius 3 is 2.54 bits per heavy atom. The van der Waals surface area contributed by atoms with Crippen LogP contribution in [0, 0.1) is 29.8 Å². The summed E-state index contributed by atoms with van der Waals surface area (Å²) in [5.74, 6) is -2.48. The number of aromatic nitrogens is 1. The highest BCUT2D eigenvalue weighted by atomic mass is 32.2. The van der Waals surface area contributed by atoms with Gasteiger partial charge in [-0.2, -0.15) is 0 Å². The number of nitrogens with one attached hydrogen (secondary N) is 2. The zero-order valence-corrected chi connectivity index (χ0v) is 23.5. The number of nitro groups is 1. The zero-order chi connectivity index (χ0) is 29.6. The summed E-state index contributed by atoms with van der Waals surface area (Å²) in [6.07, 6.45) is 1.57. The quantitative estimate of drug-likeness (QED) is 0.257. The van der Waals surface area contributed by atoms with Crippen LogP contribution >= 0.6 is 0 Å². The number of carbonyl (C=O) groups excluding carboxylic acids is 2. The number of H-pyrrole nitrogens is 1. The molecule has 2 aliphatic rings. The summed E-state index contributed by atoms with van der Waals surface area (Å²) in [5.41, 5.74) is 2.07. The summed E-state index contributed by atoms with van der Waals surface area (Å²) in [4.78, 5) is 43.7. The van der Waals surface area contributed by atoms with E-state index in [1.54, 1.807) is 24.8 Å². The van der Waals surface area contributed by atoms with E-state index >= 15 is 0 Å². The predicted octanol–water partition coefficient (Wildman–Crippen LogP) is 3.53. The lowest BCUT2D eigenvalue weighted by Crippen LogP contribution is -2.47. The lowest BCUT2D eigenvalue weighted by atomic mass is 10.0. The molecular weight excluding hydrogens is 553 g/mol. The molecule has 0 saturated carbocycles. The average molecular weight is 582 g/mol. The molecule has 2 aliphatic heterocycles. The van der Waals surface area contributed by atoms with Gasteiger partial charge in [-0.1, -0.05) is 6.07 Å². The molecule has 0 unspecified atom stereocenters. The number of aromatic amines is 1.